The summed E-state index contributed by atoms with van der Waals surface area (Å²) in [5, 5.41) is 8.73. The fourth-order valence-corrected chi connectivity index (χ4v) is 0.672. The number of benzene rings is 1. The highest BCUT2D eigenvalue weighted by molar-refractivity contribution is 4.98. The lowest BCUT2D eigenvalue weighted by atomic mass is 10.3. The van der Waals surface area contributed by atoms with Gasteiger partial charge in [-0.2, -0.15) is 0 Å². The lowest BCUT2D eigenvalue weighted by Crippen LogP contribution is -2.23. The summed E-state index contributed by atoms with van der Waals surface area (Å²) in [5.41, 5.74) is 0. The maximum Gasteiger partial charge on any atom is 0.279 e. The first-order valence-corrected chi connectivity index (χ1v) is 2.55. The molecule has 1 aliphatic heterocycles. The second-order valence-corrected chi connectivity index (χ2v) is 1.68. The van der Waals surface area contributed by atoms with Crippen molar-refractivity contribution in [2.75, 3.05) is 0 Å². The molecule has 0 unspecified atom stereocenters. The van der Waals surface area contributed by atoms with Gasteiger partial charge in [0.25, 0.3) is 10.7 Å². The zero-order valence-corrected chi connectivity index (χ0v) is 4.53. The van der Waals surface area contributed by atoms with Gasteiger partial charge in [-0.15, -0.1) is 0 Å². The second kappa shape index (κ2) is 1.55. The molecular formula is C6H3N2O+. The van der Waals surface area contributed by atoms with E-state index < -0.39 is 0 Å². The fraction of sp³-hybridized carbons (Fsp3) is 0. The Kier molecular flexibility index (Phi) is 0.773. The average molecular weight is 119 g/mol. The Morgan fingerprint density at radius 3 is 3.56 bits per heavy atom. The summed E-state index contributed by atoms with van der Waals surface area (Å²) >= 11 is 0. The van der Waals surface area contributed by atoms with Gasteiger partial charge in [-0.1, -0.05) is 0 Å². The van der Waals surface area contributed by atoms with E-state index in [-0.39, 0.29) is 0 Å². The number of hydrogen-bond donors (Lipinski definition) is 0. The van der Waals surface area contributed by atoms with E-state index in [0.717, 1.165) is 10.7 Å². The van der Waals surface area contributed by atoms with E-state index in [1.165, 1.54) is 0 Å². The van der Waals surface area contributed by atoms with Gasteiger partial charge in [0.15, 0.2) is 10.3 Å². The van der Waals surface area contributed by atoms with Crippen LogP contribution in [-0.4, -0.2) is 0 Å². The van der Waals surface area contributed by atoms with E-state index in [1.807, 2.05) is 0 Å². The molecule has 0 amide bonds. The summed E-state index contributed by atoms with van der Waals surface area (Å²) in [6, 6.07) is 8.15. The number of nitrogens with zero attached hydrogens (tertiary/aromatic N) is 2. The molecule has 1 heterocycles. The van der Waals surface area contributed by atoms with Gasteiger partial charge in [0, 0.05) is 6.07 Å². The summed E-state index contributed by atoms with van der Waals surface area (Å²) in [4.78, 5) is 4.44. The molecule has 2 rings (SSSR count). The van der Waals surface area contributed by atoms with Crippen LogP contribution in [0.1, 0.15) is 0 Å². The summed E-state index contributed by atoms with van der Waals surface area (Å²) in [6.45, 7) is 0. The molecule has 3 heteroatoms. The predicted octanol–water partition coefficient (Wildman–Crippen LogP) is -1.08. The first kappa shape index (κ1) is 4.49. The standard InChI is InChI=1S/C6H3N2O/c1-2-4-6-5(3-1)7-9-8-6/h1,3-4H/q+1. The van der Waals surface area contributed by atoms with Gasteiger partial charge in [0.05, 0.1) is 0 Å². The van der Waals surface area contributed by atoms with E-state index >= 15 is 0 Å². The molecule has 0 atom stereocenters. The predicted molar refractivity (Wildman–Crippen MR) is 28.4 cm³/mol. The van der Waals surface area contributed by atoms with Crippen molar-refractivity contribution < 1.29 is 4.94 Å². The Bertz CT molecular complexity index is 298. The molecule has 0 aromatic heterocycles. The zero-order valence-electron chi connectivity index (χ0n) is 4.53. The van der Waals surface area contributed by atoms with Crippen LogP contribution in [0, 0.1) is 6.07 Å². The number of hydrogen-bond acceptors (Lipinski definition) is 3. The Morgan fingerprint density at radius 1 is 1.67 bits per heavy atom. The van der Waals surface area contributed by atoms with Crippen molar-refractivity contribution in [3.05, 3.63) is 35.0 Å². The van der Waals surface area contributed by atoms with Crippen molar-refractivity contribution in [2.24, 2.45) is 5.16 Å². The van der Waals surface area contributed by atoms with Crippen molar-refractivity contribution in [2.45, 2.75) is 0 Å². The lowest BCUT2D eigenvalue weighted by molar-refractivity contribution is 0.101. The van der Waals surface area contributed by atoms with Gasteiger partial charge < -0.3 is 0 Å². The minimum absolute atomic E-state index is 0.748. The van der Waals surface area contributed by atoms with Crippen molar-refractivity contribution in [3.8, 4) is 0 Å². The highest BCUT2D eigenvalue weighted by atomic mass is 16.8. The van der Waals surface area contributed by atoms with Crippen LogP contribution in [0.15, 0.2) is 23.4 Å². The van der Waals surface area contributed by atoms with E-state index in [9.17, 15) is 0 Å². The highest BCUT2D eigenvalue weighted by Crippen LogP contribution is 1.72. The second-order valence-electron chi connectivity index (χ2n) is 1.68. The third-order valence-corrected chi connectivity index (χ3v) is 1.10. The Balaban J connectivity index is 2.97. The van der Waals surface area contributed by atoms with Gasteiger partial charge in [-0.25, -0.2) is 0 Å². The monoisotopic (exact) mass is 119 g/mol. The summed E-state index contributed by atoms with van der Waals surface area (Å²) in [5.74, 6) is 0. The van der Waals surface area contributed by atoms with Crippen LogP contribution in [-0.2, 0) is 4.94 Å². The number of fused-ring (bicyclic) bond motifs is 1. The summed E-state index contributed by atoms with van der Waals surface area (Å²) < 4.78 is 0. The Morgan fingerprint density at radius 2 is 2.67 bits per heavy atom. The normalized spacial score (nSPS) is 12.9. The fourth-order valence-electron chi connectivity index (χ4n) is 0.672. The van der Waals surface area contributed by atoms with Crippen LogP contribution in [0.3, 0.4) is 0 Å². The quantitative estimate of drug-likeness (QED) is 0.428. The van der Waals surface area contributed by atoms with Crippen molar-refractivity contribution in [1.29, 1.82) is 0 Å². The van der Waals surface area contributed by atoms with Crippen LogP contribution < -0.4 is 15.9 Å². The van der Waals surface area contributed by atoms with Crippen LogP contribution in [0.5, 0.6) is 0 Å². The molecule has 1 aromatic rings. The van der Waals surface area contributed by atoms with Gasteiger partial charge in [-0.05, 0) is 23.1 Å². The van der Waals surface area contributed by atoms with Crippen molar-refractivity contribution >= 4 is 0 Å². The molecule has 0 fully saturated rings. The van der Waals surface area contributed by atoms with Gasteiger partial charge in [-0.3, -0.25) is 0 Å². The maximum atomic E-state index is 4.44. The van der Waals surface area contributed by atoms with Crippen LogP contribution in [0.2, 0.25) is 0 Å². The molecule has 0 saturated heterocycles. The van der Waals surface area contributed by atoms with Crippen molar-refractivity contribution in [3.63, 3.8) is 0 Å². The molecule has 0 aliphatic carbocycles. The molecular weight excluding hydrogens is 116 g/mol. The first-order valence-electron chi connectivity index (χ1n) is 2.55. The van der Waals surface area contributed by atoms with Crippen LogP contribution in [0.4, 0.5) is 0 Å². The highest BCUT2D eigenvalue weighted by Gasteiger charge is 2.07. The number of rotatable bonds is 0. The van der Waals surface area contributed by atoms with Crippen LogP contribution >= 0.6 is 0 Å². The zero-order chi connectivity index (χ0) is 6.10. The molecule has 3 nitrogen and oxygen atoms in total. The van der Waals surface area contributed by atoms with E-state index in [0.29, 0.717) is 0 Å². The van der Waals surface area contributed by atoms with Gasteiger partial charge >= 0.3 is 0 Å². The molecule has 0 spiro atoms. The van der Waals surface area contributed by atoms with Gasteiger partial charge in [0.1, 0.15) is 0 Å². The molecule has 0 saturated carbocycles. The molecule has 1 aliphatic rings. The first-order chi connectivity index (χ1) is 4.47. The minimum atomic E-state index is 0.748. The maximum absolute atomic E-state index is 4.44. The largest absolute Gasteiger partial charge is 0.279 e. The SMILES string of the molecule is [c]1ccc2c(c1)=NO[N+]=2. The summed E-state index contributed by atoms with van der Waals surface area (Å²) in [6.07, 6.45) is 0. The van der Waals surface area contributed by atoms with Gasteiger partial charge in [0.2, 0.25) is 0 Å². The van der Waals surface area contributed by atoms with Crippen molar-refractivity contribution in [1.82, 2.24) is 5.16 Å². The topological polar surface area (TPSA) is 35.7 Å². The molecule has 42 valence electrons. The molecule has 2 radical (unpaired) electrons. The van der Waals surface area contributed by atoms with E-state index in [4.69, 9.17) is 0 Å². The minimum Gasteiger partial charge on any atom is -0.0495 e. The molecule has 1 aromatic carbocycles. The Hall–Kier alpha value is -1.38. The molecule has 0 N–H and O–H groups in total. The lowest BCUT2D eigenvalue weighted by Gasteiger charge is -1.64. The Labute approximate surface area is 51.2 Å². The third kappa shape index (κ3) is 0.579. The average Bonchev–Trinajstić information content (AvgIpc) is 2.33. The van der Waals surface area contributed by atoms with Crippen LogP contribution in [0.25, 0.3) is 0 Å². The summed E-state index contributed by atoms with van der Waals surface area (Å²) in [7, 11) is 0. The molecule has 0 bridgehead atoms. The van der Waals surface area contributed by atoms with E-state index in [2.05, 4.69) is 21.3 Å². The molecule has 9 heavy (non-hydrogen) atoms. The van der Waals surface area contributed by atoms with E-state index in [1.54, 1.807) is 18.2 Å². The smallest absolute Gasteiger partial charge is 0.0495 e. The third-order valence-electron chi connectivity index (χ3n) is 1.10.